The van der Waals surface area contributed by atoms with Crippen LogP contribution in [0.5, 0.6) is 0 Å². The number of carbonyl (C=O) groups excluding carboxylic acids is 2. The summed E-state index contributed by atoms with van der Waals surface area (Å²) in [5, 5.41) is 3.66. The lowest BCUT2D eigenvalue weighted by atomic mass is 10.1. The second-order valence-corrected chi connectivity index (χ2v) is 7.41. The Morgan fingerprint density at radius 3 is 2.38 bits per heavy atom. The lowest BCUT2D eigenvalue weighted by Gasteiger charge is -2.34. The van der Waals surface area contributed by atoms with Crippen LogP contribution in [0.25, 0.3) is 0 Å². The molecule has 1 aliphatic rings. The van der Waals surface area contributed by atoms with Crippen molar-refractivity contribution in [2.75, 3.05) is 37.6 Å². The molecule has 1 aliphatic heterocycles. The van der Waals surface area contributed by atoms with Gasteiger partial charge >= 0.3 is 0 Å². The molecule has 0 radical (unpaired) electrons. The van der Waals surface area contributed by atoms with Crippen LogP contribution in [-0.4, -0.2) is 60.5 Å². The van der Waals surface area contributed by atoms with Gasteiger partial charge in [0.15, 0.2) is 5.13 Å². The van der Waals surface area contributed by atoms with Gasteiger partial charge in [0.1, 0.15) is 0 Å². The molecule has 0 bridgehead atoms. The van der Waals surface area contributed by atoms with Crippen LogP contribution in [0.1, 0.15) is 25.6 Å². The van der Waals surface area contributed by atoms with Gasteiger partial charge in [-0.3, -0.25) is 9.59 Å². The zero-order chi connectivity index (χ0) is 17.7. The van der Waals surface area contributed by atoms with E-state index in [9.17, 15) is 9.59 Å². The molecule has 26 heavy (non-hydrogen) atoms. The summed E-state index contributed by atoms with van der Waals surface area (Å²) in [6.45, 7) is 8.72. The van der Waals surface area contributed by atoms with E-state index in [1.54, 1.807) is 16.2 Å². The van der Waals surface area contributed by atoms with Crippen LogP contribution in [0, 0.1) is 5.92 Å². The first-order chi connectivity index (χ1) is 11.4. The summed E-state index contributed by atoms with van der Waals surface area (Å²) in [5.74, 6) is -0.283. The van der Waals surface area contributed by atoms with Crippen LogP contribution in [0.3, 0.4) is 0 Å². The molecule has 1 aromatic rings. The van der Waals surface area contributed by atoms with Crippen molar-refractivity contribution in [2.24, 2.45) is 11.7 Å². The van der Waals surface area contributed by atoms with Gasteiger partial charge in [-0.2, -0.15) is 0 Å². The average molecular weight is 426 g/mol. The largest absolute Gasteiger partial charge is 0.346 e. The van der Waals surface area contributed by atoms with Crippen molar-refractivity contribution in [2.45, 2.75) is 33.2 Å². The molecule has 2 rings (SSSR count). The van der Waals surface area contributed by atoms with E-state index in [4.69, 9.17) is 5.73 Å². The fraction of sp³-hybridized carbons (Fsp3) is 0.688. The zero-order valence-corrected chi connectivity index (χ0v) is 17.9. The number of nitrogens with zero attached hydrogens (tertiary/aromatic N) is 3. The van der Waals surface area contributed by atoms with E-state index in [-0.39, 0.29) is 49.1 Å². The molecule has 10 heteroatoms. The summed E-state index contributed by atoms with van der Waals surface area (Å²) in [4.78, 5) is 33.8. The van der Waals surface area contributed by atoms with Crippen molar-refractivity contribution < 1.29 is 9.59 Å². The Morgan fingerprint density at radius 1 is 1.27 bits per heavy atom. The third-order valence-electron chi connectivity index (χ3n) is 4.23. The number of rotatable bonds is 6. The summed E-state index contributed by atoms with van der Waals surface area (Å²) in [5.41, 5.74) is 5.77. The molecular weight excluding hydrogens is 397 g/mol. The summed E-state index contributed by atoms with van der Waals surface area (Å²) >= 11 is 1.71. The molecule has 1 atom stereocenters. The highest BCUT2D eigenvalue weighted by atomic mass is 35.5. The van der Waals surface area contributed by atoms with Gasteiger partial charge in [0.2, 0.25) is 11.8 Å². The van der Waals surface area contributed by atoms with Gasteiger partial charge < -0.3 is 20.9 Å². The maximum Gasteiger partial charge on any atom is 0.242 e. The van der Waals surface area contributed by atoms with Gasteiger partial charge in [-0.1, -0.05) is 20.8 Å². The maximum atomic E-state index is 12.2. The lowest BCUT2D eigenvalue weighted by Crippen LogP contribution is -2.52. The molecule has 0 unspecified atom stereocenters. The Kier molecular flexibility index (Phi) is 11.1. The number of hydrogen-bond donors (Lipinski definition) is 2. The molecule has 0 aromatic carbocycles. The standard InChI is InChI=1S/C16H27N5O2S.2ClH/c1-4-12-9-19-16(24-12)21-7-5-20(6-8-21)13(22)10-18-15(23)14(17)11(2)3;;/h9,11,14H,4-8,10,17H2,1-3H3,(H,18,23);2*1H/t14-;;/m0../s1. The van der Waals surface area contributed by atoms with Crippen molar-refractivity contribution in [1.29, 1.82) is 0 Å². The Labute approximate surface area is 171 Å². The second-order valence-electron chi connectivity index (χ2n) is 6.32. The number of piperazine rings is 1. The van der Waals surface area contributed by atoms with E-state index in [0.717, 1.165) is 24.6 Å². The van der Waals surface area contributed by atoms with Crippen LogP contribution in [-0.2, 0) is 16.0 Å². The Morgan fingerprint density at radius 2 is 1.88 bits per heavy atom. The summed E-state index contributed by atoms with van der Waals surface area (Å²) < 4.78 is 0. The smallest absolute Gasteiger partial charge is 0.242 e. The van der Waals surface area contributed by atoms with Crippen LogP contribution in [0.15, 0.2) is 6.20 Å². The lowest BCUT2D eigenvalue weighted by molar-refractivity contribution is -0.133. The van der Waals surface area contributed by atoms with E-state index < -0.39 is 6.04 Å². The highest BCUT2D eigenvalue weighted by Gasteiger charge is 2.24. The van der Waals surface area contributed by atoms with E-state index in [2.05, 4.69) is 22.1 Å². The fourth-order valence-electron chi connectivity index (χ4n) is 2.45. The first kappa shape index (κ1) is 24.9. The van der Waals surface area contributed by atoms with Crippen molar-refractivity contribution in [3.05, 3.63) is 11.1 Å². The molecule has 0 aliphatic carbocycles. The van der Waals surface area contributed by atoms with E-state index in [1.807, 2.05) is 20.0 Å². The maximum absolute atomic E-state index is 12.2. The van der Waals surface area contributed by atoms with Crippen molar-refractivity contribution >= 4 is 53.1 Å². The zero-order valence-electron chi connectivity index (χ0n) is 15.4. The number of carbonyl (C=O) groups is 2. The molecule has 150 valence electrons. The Balaban J connectivity index is 0.00000312. The third-order valence-corrected chi connectivity index (χ3v) is 5.43. The minimum atomic E-state index is -0.577. The van der Waals surface area contributed by atoms with Crippen LogP contribution in [0.2, 0.25) is 0 Å². The van der Waals surface area contributed by atoms with E-state index in [1.165, 1.54) is 4.88 Å². The molecule has 1 aromatic heterocycles. The predicted octanol–water partition coefficient (Wildman–Crippen LogP) is 1.30. The number of aromatic nitrogens is 1. The molecule has 0 spiro atoms. The summed E-state index contributed by atoms with van der Waals surface area (Å²) in [6, 6.07) is -0.577. The Hall–Kier alpha value is -1.09. The molecule has 2 heterocycles. The first-order valence-corrected chi connectivity index (χ1v) is 9.24. The summed E-state index contributed by atoms with van der Waals surface area (Å²) in [7, 11) is 0. The number of amides is 2. The topological polar surface area (TPSA) is 91.6 Å². The van der Waals surface area contributed by atoms with E-state index >= 15 is 0 Å². The summed E-state index contributed by atoms with van der Waals surface area (Å²) in [6.07, 6.45) is 2.92. The first-order valence-electron chi connectivity index (χ1n) is 8.43. The monoisotopic (exact) mass is 425 g/mol. The van der Waals surface area contributed by atoms with Crippen LogP contribution >= 0.6 is 36.2 Å². The van der Waals surface area contributed by atoms with Crippen molar-refractivity contribution in [3.63, 3.8) is 0 Å². The van der Waals surface area contributed by atoms with E-state index in [0.29, 0.717) is 13.1 Å². The SMILES string of the molecule is CCc1cnc(N2CCN(C(=O)CNC(=O)[C@@H](N)C(C)C)CC2)s1.Cl.Cl. The molecule has 2 amide bonds. The van der Waals surface area contributed by atoms with Gasteiger partial charge in [-0.15, -0.1) is 36.2 Å². The van der Waals surface area contributed by atoms with Gasteiger partial charge in [0.05, 0.1) is 12.6 Å². The third kappa shape index (κ3) is 6.57. The number of nitrogens with two attached hydrogens (primary N) is 1. The average Bonchev–Trinajstić information content (AvgIpc) is 3.07. The number of halogens is 2. The molecule has 1 fully saturated rings. The molecule has 7 nitrogen and oxygen atoms in total. The minimum Gasteiger partial charge on any atom is -0.346 e. The number of anilines is 1. The number of aryl methyl sites for hydroxylation is 1. The number of thiazole rings is 1. The highest BCUT2D eigenvalue weighted by molar-refractivity contribution is 7.15. The van der Waals surface area contributed by atoms with Gasteiger partial charge in [-0.05, 0) is 12.3 Å². The van der Waals surface area contributed by atoms with Crippen molar-refractivity contribution in [1.82, 2.24) is 15.2 Å². The van der Waals surface area contributed by atoms with Crippen LogP contribution < -0.4 is 16.0 Å². The molecular formula is C16H29Cl2N5O2S. The predicted molar refractivity (Wildman–Crippen MR) is 111 cm³/mol. The number of hydrogen-bond acceptors (Lipinski definition) is 6. The van der Waals surface area contributed by atoms with Crippen molar-refractivity contribution in [3.8, 4) is 0 Å². The highest BCUT2D eigenvalue weighted by Crippen LogP contribution is 2.23. The fourth-order valence-corrected chi connectivity index (χ4v) is 3.35. The Bertz CT molecular complexity index is 577. The number of nitrogens with one attached hydrogen (secondary N) is 1. The van der Waals surface area contributed by atoms with Gasteiger partial charge in [-0.25, -0.2) is 4.98 Å². The van der Waals surface area contributed by atoms with Gasteiger partial charge in [0.25, 0.3) is 0 Å². The molecule has 3 N–H and O–H groups in total. The van der Waals surface area contributed by atoms with Crippen LogP contribution in [0.4, 0.5) is 5.13 Å². The van der Waals surface area contributed by atoms with Gasteiger partial charge in [0, 0.05) is 37.3 Å². The minimum absolute atomic E-state index is 0. The molecule has 0 saturated carbocycles. The molecule has 1 saturated heterocycles. The normalized spacial score (nSPS) is 15.1. The quantitative estimate of drug-likeness (QED) is 0.716. The second kappa shape index (κ2) is 11.6.